The van der Waals surface area contributed by atoms with Gasteiger partial charge in [-0.15, -0.1) is 0 Å². The quantitative estimate of drug-likeness (QED) is 0.786. The van der Waals surface area contributed by atoms with Crippen LogP contribution in [0.5, 0.6) is 5.75 Å². The first kappa shape index (κ1) is 13.9. The summed E-state index contributed by atoms with van der Waals surface area (Å²) in [5.41, 5.74) is 1.35. The number of nitrogens with zero attached hydrogens (tertiary/aromatic N) is 1. The molecule has 1 aliphatic rings. The van der Waals surface area contributed by atoms with Gasteiger partial charge in [0.25, 0.3) is 0 Å². The molecule has 1 aromatic rings. The first-order chi connectivity index (χ1) is 8.69. The zero-order chi connectivity index (χ0) is 13.0. The van der Waals surface area contributed by atoms with E-state index in [0.717, 1.165) is 18.2 Å². The molecule has 0 aromatic heterocycles. The van der Waals surface area contributed by atoms with Crippen LogP contribution in [0.4, 0.5) is 0 Å². The topological polar surface area (TPSA) is 12.5 Å². The van der Waals surface area contributed by atoms with Crippen molar-refractivity contribution >= 4 is 15.9 Å². The maximum Gasteiger partial charge on any atom is 0.119 e. The normalized spacial score (nSPS) is 19.7. The number of methoxy groups -OCH3 is 1. The summed E-state index contributed by atoms with van der Waals surface area (Å²) in [6.45, 7) is 5.72. The molecule has 0 aliphatic carbocycles. The molecule has 2 nitrogen and oxygen atoms in total. The van der Waals surface area contributed by atoms with Gasteiger partial charge in [0.05, 0.1) is 7.11 Å². The lowest BCUT2D eigenvalue weighted by molar-refractivity contribution is 0.178. The lowest BCUT2D eigenvalue weighted by atomic mass is 9.94. The fraction of sp³-hybridized carbons (Fsp3) is 0.600. The Kier molecular flexibility index (Phi) is 5.07. The third-order valence-corrected chi connectivity index (χ3v) is 4.57. The van der Waals surface area contributed by atoms with Crippen molar-refractivity contribution < 1.29 is 4.74 Å². The van der Waals surface area contributed by atoms with Crippen molar-refractivity contribution in [3.8, 4) is 5.75 Å². The number of alkyl halides is 1. The standard InChI is InChI=1S/C15H22BrNO/c1-12(16)14-6-8-17(9-7-14)11-13-4-3-5-15(10-13)18-2/h3-5,10,12,14H,6-9,11H2,1-2H3. The number of ether oxygens (including phenoxy) is 1. The van der Waals surface area contributed by atoms with Crippen molar-refractivity contribution in [3.05, 3.63) is 29.8 Å². The Labute approximate surface area is 118 Å². The summed E-state index contributed by atoms with van der Waals surface area (Å²) < 4.78 is 5.27. The van der Waals surface area contributed by atoms with Gasteiger partial charge in [-0.2, -0.15) is 0 Å². The van der Waals surface area contributed by atoms with E-state index in [1.165, 1.54) is 31.5 Å². The van der Waals surface area contributed by atoms with Crippen LogP contribution in [-0.4, -0.2) is 29.9 Å². The van der Waals surface area contributed by atoms with Gasteiger partial charge in [-0.1, -0.05) is 35.0 Å². The van der Waals surface area contributed by atoms with Crippen molar-refractivity contribution in [2.75, 3.05) is 20.2 Å². The largest absolute Gasteiger partial charge is 0.497 e. The van der Waals surface area contributed by atoms with Crippen LogP contribution in [0.25, 0.3) is 0 Å². The zero-order valence-corrected chi connectivity index (χ0v) is 12.8. The fourth-order valence-corrected chi connectivity index (χ4v) is 3.13. The molecule has 0 N–H and O–H groups in total. The maximum atomic E-state index is 5.27. The molecule has 0 spiro atoms. The summed E-state index contributed by atoms with van der Waals surface area (Å²) in [7, 11) is 1.72. The average molecular weight is 312 g/mol. The second kappa shape index (κ2) is 6.58. The van der Waals surface area contributed by atoms with Gasteiger partial charge in [0.15, 0.2) is 0 Å². The second-order valence-corrected chi connectivity index (χ2v) is 6.59. The van der Waals surface area contributed by atoms with Gasteiger partial charge in [0, 0.05) is 11.4 Å². The summed E-state index contributed by atoms with van der Waals surface area (Å²) in [4.78, 5) is 3.19. The number of piperidine rings is 1. The summed E-state index contributed by atoms with van der Waals surface area (Å²) in [6, 6.07) is 8.39. The Hall–Kier alpha value is -0.540. The SMILES string of the molecule is COc1cccc(CN2CCC(C(C)Br)CC2)c1. The Bertz CT molecular complexity index is 373. The lowest BCUT2D eigenvalue weighted by Gasteiger charge is -2.33. The van der Waals surface area contributed by atoms with E-state index >= 15 is 0 Å². The van der Waals surface area contributed by atoms with Crippen LogP contribution >= 0.6 is 15.9 Å². The fourth-order valence-electron chi connectivity index (χ4n) is 2.60. The second-order valence-electron chi connectivity index (χ2n) is 5.14. The predicted molar refractivity (Wildman–Crippen MR) is 79.4 cm³/mol. The Morgan fingerprint density at radius 3 is 2.72 bits per heavy atom. The average Bonchev–Trinajstić information content (AvgIpc) is 2.39. The number of halogens is 1. The molecular formula is C15H22BrNO. The molecule has 0 radical (unpaired) electrons. The van der Waals surface area contributed by atoms with Gasteiger partial charge < -0.3 is 4.74 Å². The van der Waals surface area contributed by atoms with Crippen LogP contribution in [0, 0.1) is 5.92 Å². The Morgan fingerprint density at radius 2 is 2.11 bits per heavy atom. The molecular weight excluding hydrogens is 290 g/mol. The first-order valence-electron chi connectivity index (χ1n) is 6.68. The van der Waals surface area contributed by atoms with Gasteiger partial charge in [-0.3, -0.25) is 4.90 Å². The van der Waals surface area contributed by atoms with Crippen molar-refractivity contribution in [2.24, 2.45) is 5.92 Å². The van der Waals surface area contributed by atoms with Crippen molar-refractivity contribution in [3.63, 3.8) is 0 Å². The van der Waals surface area contributed by atoms with Crippen molar-refractivity contribution in [1.29, 1.82) is 0 Å². The summed E-state index contributed by atoms with van der Waals surface area (Å²) >= 11 is 3.71. The van der Waals surface area contributed by atoms with Crippen LogP contribution in [0.1, 0.15) is 25.3 Å². The molecule has 1 heterocycles. The van der Waals surface area contributed by atoms with E-state index in [9.17, 15) is 0 Å². The van der Waals surface area contributed by atoms with E-state index in [4.69, 9.17) is 4.74 Å². The highest BCUT2D eigenvalue weighted by Crippen LogP contribution is 2.26. The number of hydrogen-bond acceptors (Lipinski definition) is 2. The number of rotatable bonds is 4. The third kappa shape index (κ3) is 3.72. The summed E-state index contributed by atoms with van der Waals surface area (Å²) in [5.74, 6) is 1.79. The van der Waals surface area contributed by atoms with Gasteiger partial charge >= 0.3 is 0 Å². The molecule has 0 amide bonds. The van der Waals surface area contributed by atoms with E-state index in [-0.39, 0.29) is 0 Å². The molecule has 1 fully saturated rings. The summed E-state index contributed by atoms with van der Waals surface area (Å²) in [6.07, 6.45) is 2.60. The van der Waals surface area contributed by atoms with E-state index in [1.807, 2.05) is 6.07 Å². The molecule has 0 saturated carbocycles. The number of likely N-dealkylation sites (tertiary alicyclic amines) is 1. The first-order valence-corrected chi connectivity index (χ1v) is 7.60. The molecule has 3 heteroatoms. The minimum absolute atomic E-state index is 0.650. The minimum atomic E-state index is 0.650. The van der Waals surface area contributed by atoms with Crippen LogP contribution in [0.3, 0.4) is 0 Å². The monoisotopic (exact) mass is 311 g/mol. The highest BCUT2D eigenvalue weighted by atomic mass is 79.9. The molecule has 100 valence electrons. The van der Waals surface area contributed by atoms with Crippen LogP contribution in [0.2, 0.25) is 0 Å². The predicted octanol–water partition coefficient (Wildman–Crippen LogP) is 3.69. The van der Waals surface area contributed by atoms with Crippen LogP contribution in [0.15, 0.2) is 24.3 Å². The highest BCUT2D eigenvalue weighted by Gasteiger charge is 2.22. The number of benzene rings is 1. The summed E-state index contributed by atoms with van der Waals surface area (Å²) in [5, 5.41) is 0. The van der Waals surface area contributed by atoms with E-state index < -0.39 is 0 Å². The van der Waals surface area contributed by atoms with E-state index in [0.29, 0.717) is 4.83 Å². The Balaban J connectivity index is 1.87. The van der Waals surface area contributed by atoms with Gasteiger partial charge in [-0.05, 0) is 49.5 Å². The van der Waals surface area contributed by atoms with E-state index in [1.54, 1.807) is 7.11 Å². The molecule has 18 heavy (non-hydrogen) atoms. The zero-order valence-electron chi connectivity index (χ0n) is 11.2. The molecule has 2 rings (SSSR count). The van der Waals surface area contributed by atoms with Crippen LogP contribution in [-0.2, 0) is 6.54 Å². The lowest BCUT2D eigenvalue weighted by Crippen LogP contribution is -2.35. The van der Waals surface area contributed by atoms with Crippen molar-refractivity contribution in [2.45, 2.75) is 31.1 Å². The van der Waals surface area contributed by atoms with E-state index in [2.05, 4.69) is 46.0 Å². The van der Waals surface area contributed by atoms with Crippen LogP contribution < -0.4 is 4.74 Å². The Morgan fingerprint density at radius 1 is 1.39 bits per heavy atom. The van der Waals surface area contributed by atoms with Gasteiger partial charge in [0.1, 0.15) is 5.75 Å². The van der Waals surface area contributed by atoms with Gasteiger partial charge in [-0.25, -0.2) is 0 Å². The highest BCUT2D eigenvalue weighted by molar-refractivity contribution is 9.09. The smallest absolute Gasteiger partial charge is 0.119 e. The molecule has 1 aliphatic heterocycles. The molecule has 1 saturated heterocycles. The molecule has 1 unspecified atom stereocenters. The minimum Gasteiger partial charge on any atom is -0.497 e. The molecule has 1 atom stereocenters. The molecule has 0 bridgehead atoms. The maximum absolute atomic E-state index is 5.27. The number of hydrogen-bond donors (Lipinski definition) is 0. The van der Waals surface area contributed by atoms with Crippen molar-refractivity contribution in [1.82, 2.24) is 4.90 Å². The molecule has 1 aromatic carbocycles. The third-order valence-electron chi connectivity index (χ3n) is 3.82. The van der Waals surface area contributed by atoms with Gasteiger partial charge in [0.2, 0.25) is 0 Å².